The van der Waals surface area contributed by atoms with E-state index in [1.807, 2.05) is 5.32 Å². The van der Waals surface area contributed by atoms with Crippen LogP contribution in [0.25, 0.3) is 0 Å². The lowest BCUT2D eigenvalue weighted by Crippen LogP contribution is -2.49. The molecule has 0 bridgehead atoms. The highest BCUT2D eigenvalue weighted by Gasteiger charge is 2.31. The molecular formula is C10H7N5O5. The van der Waals surface area contributed by atoms with Crippen molar-refractivity contribution in [3.05, 3.63) is 34.4 Å². The van der Waals surface area contributed by atoms with Crippen LogP contribution in [0.4, 0.5) is 16.2 Å². The maximum absolute atomic E-state index is 11.4. The SMILES string of the molecule is O=C1CC(=O)N(N=Nc2ccc([N+](=O)[O-])cc2)C(=O)N1. The summed E-state index contributed by atoms with van der Waals surface area (Å²) in [6.45, 7) is 0. The van der Waals surface area contributed by atoms with Gasteiger partial charge in [0.25, 0.3) is 11.6 Å². The number of imide groups is 2. The molecule has 1 N–H and O–H groups in total. The van der Waals surface area contributed by atoms with Gasteiger partial charge >= 0.3 is 6.03 Å². The molecule has 0 aromatic heterocycles. The lowest BCUT2D eigenvalue weighted by Gasteiger charge is -2.18. The first-order valence-electron chi connectivity index (χ1n) is 5.30. The van der Waals surface area contributed by atoms with Crippen LogP contribution in [0.3, 0.4) is 0 Å². The average molecular weight is 277 g/mol. The predicted molar refractivity (Wildman–Crippen MR) is 62.6 cm³/mol. The molecule has 1 aromatic rings. The zero-order chi connectivity index (χ0) is 14.7. The number of benzene rings is 1. The monoisotopic (exact) mass is 277 g/mol. The summed E-state index contributed by atoms with van der Waals surface area (Å²) in [6.07, 6.45) is -0.495. The number of amides is 4. The topological polar surface area (TPSA) is 134 Å². The summed E-state index contributed by atoms with van der Waals surface area (Å²) in [5.41, 5.74) is 0.0921. The Balaban J connectivity index is 2.12. The van der Waals surface area contributed by atoms with Crippen LogP contribution >= 0.6 is 0 Å². The van der Waals surface area contributed by atoms with Crippen molar-refractivity contribution in [3.63, 3.8) is 0 Å². The van der Waals surface area contributed by atoms with E-state index >= 15 is 0 Å². The molecule has 0 unspecified atom stereocenters. The minimum Gasteiger partial charge on any atom is -0.276 e. The number of nitrogens with one attached hydrogen (secondary N) is 1. The first kappa shape index (κ1) is 13.3. The van der Waals surface area contributed by atoms with Crippen LogP contribution in [0.2, 0.25) is 0 Å². The third kappa shape index (κ3) is 2.80. The molecule has 10 nitrogen and oxygen atoms in total. The number of non-ortho nitro benzene ring substituents is 1. The number of hydrogen-bond acceptors (Lipinski definition) is 7. The molecule has 1 saturated heterocycles. The fraction of sp³-hybridized carbons (Fsp3) is 0.100. The molecule has 1 aromatic carbocycles. The second-order valence-electron chi connectivity index (χ2n) is 3.70. The van der Waals surface area contributed by atoms with E-state index in [1.165, 1.54) is 24.3 Å². The Bertz CT molecular complexity index is 603. The summed E-state index contributed by atoms with van der Waals surface area (Å²) in [5, 5.41) is 19.8. The van der Waals surface area contributed by atoms with E-state index in [-0.39, 0.29) is 11.4 Å². The molecule has 0 saturated carbocycles. The predicted octanol–water partition coefficient (Wildman–Crippen LogP) is 1.06. The minimum atomic E-state index is -0.989. The molecular weight excluding hydrogens is 270 g/mol. The number of nitrogens with zero attached hydrogens (tertiary/aromatic N) is 4. The van der Waals surface area contributed by atoms with Crippen molar-refractivity contribution in [2.45, 2.75) is 6.42 Å². The molecule has 2 rings (SSSR count). The maximum atomic E-state index is 11.4. The van der Waals surface area contributed by atoms with Crippen molar-refractivity contribution in [3.8, 4) is 0 Å². The van der Waals surface area contributed by atoms with Gasteiger partial charge in [0.15, 0.2) is 0 Å². The number of barbiturate groups is 1. The van der Waals surface area contributed by atoms with Gasteiger partial charge in [-0.1, -0.05) is 5.22 Å². The second kappa shape index (κ2) is 5.22. The van der Waals surface area contributed by atoms with Crippen LogP contribution in [-0.4, -0.2) is 27.8 Å². The molecule has 1 aliphatic rings. The van der Waals surface area contributed by atoms with Crippen LogP contribution in [0.15, 0.2) is 34.6 Å². The van der Waals surface area contributed by atoms with Gasteiger partial charge in [-0.15, -0.1) is 10.1 Å². The van der Waals surface area contributed by atoms with E-state index in [0.717, 1.165) is 0 Å². The van der Waals surface area contributed by atoms with E-state index in [4.69, 9.17) is 0 Å². The Labute approximate surface area is 111 Å². The summed E-state index contributed by atoms with van der Waals surface area (Å²) in [5.74, 6) is -1.51. The van der Waals surface area contributed by atoms with Gasteiger partial charge in [-0.05, 0) is 12.1 Å². The largest absolute Gasteiger partial charge is 0.353 e. The van der Waals surface area contributed by atoms with Crippen molar-refractivity contribution >= 4 is 29.2 Å². The zero-order valence-corrected chi connectivity index (χ0v) is 9.85. The highest BCUT2D eigenvalue weighted by Crippen LogP contribution is 2.18. The molecule has 0 aliphatic carbocycles. The molecule has 0 spiro atoms. The van der Waals surface area contributed by atoms with E-state index in [1.54, 1.807) is 0 Å². The number of rotatable bonds is 3. The number of urea groups is 1. The molecule has 0 atom stereocenters. The Hall–Kier alpha value is -3.17. The van der Waals surface area contributed by atoms with E-state index in [2.05, 4.69) is 10.3 Å². The maximum Gasteiger partial charge on any atom is 0.353 e. The lowest BCUT2D eigenvalue weighted by atomic mass is 10.3. The summed E-state index contributed by atoms with van der Waals surface area (Å²) in [7, 11) is 0. The first-order chi connectivity index (χ1) is 9.47. The quantitative estimate of drug-likeness (QED) is 0.381. The van der Waals surface area contributed by atoms with E-state index in [9.17, 15) is 24.5 Å². The number of nitro benzene ring substituents is 1. The molecule has 4 amide bonds. The highest BCUT2D eigenvalue weighted by molar-refractivity contribution is 6.13. The van der Waals surface area contributed by atoms with Crippen LogP contribution in [-0.2, 0) is 9.59 Å². The fourth-order valence-corrected chi connectivity index (χ4v) is 1.37. The van der Waals surface area contributed by atoms with Crippen molar-refractivity contribution < 1.29 is 19.3 Å². The van der Waals surface area contributed by atoms with Crippen LogP contribution in [0.1, 0.15) is 6.42 Å². The Morgan fingerprint density at radius 3 is 2.40 bits per heavy atom. The second-order valence-corrected chi connectivity index (χ2v) is 3.70. The highest BCUT2D eigenvalue weighted by atomic mass is 16.6. The van der Waals surface area contributed by atoms with Crippen LogP contribution < -0.4 is 5.32 Å². The Morgan fingerprint density at radius 1 is 1.20 bits per heavy atom. The zero-order valence-electron chi connectivity index (χ0n) is 9.85. The Morgan fingerprint density at radius 2 is 1.85 bits per heavy atom. The van der Waals surface area contributed by atoms with Crippen molar-refractivity contribution in [1.82, 2.24) is 10.3 Å². The van der Waals surface area contributed by atoms with Gasteiger partial charge in [0.05, 0.1) is 10.6 Å². The van der Waals surface area contributed by atoms with Crippen molar-refractivity contribution in [1.29, 1.82) is 0 Å². The summed E-state index contributed by atoms with van der Waals surface area (Å²) < 4.78 is 0. The molecule has 1 fully saturated rings. The van der Waals surface area contributed by atoms with Gasteiger partial charge in [-0.2, -0.15) is 0 Å². The normalized spacial score (nSPS) is 15.6. The Kier molecular flexibility index (Phi) is 3.46. The van der Waals surface area contributed by atoms with Gasteiger partial charge in [-0.25, -0.2) is 4.79 Å². The minimum absolute atomic E-state index is 0.124. The van der Waals surface area contributed by atoms with Crippen LogP contribution in [0.5, 0.6) is 0 Å². The van der Waals surface area contributed by atoms with Gasteiger partial charge in [0.1, 0.15) is 6.42 Å². The number of carbonyl (C=O) groups is 3. The lowest BCUT2D eigenvalue weighted by molar-refractivity contribution is -0.384. The van der Waals surface area contributed by atoms with E-state index in [0.29, 0.717) is 5.01 Å². The third-order valence-corrected chi connectivity index (χ3v) is 2.30. The smallest absolute Gasteiger partial charge is 0.276 e. The van der Waals surface area contributed by atoms with E-state index < -0.39 is 29.2 Å². The standard InChI is InChI=1S/C10H7N5O5/c16-8-5-9(17)14(10(18)11-8)13-12-6-1-3-7(4-2-6)15(19)20/h1-4H,5H2,(H,11,16,18). The molecule has 102 valence electrons. The number of carbonyl (C=O) groups excluding carboxylic acids is 3. The van der Waals surface area contributed by atoms with Gasteiger partial charge in [-0.3, -0.25) is 25.0 Å². The van der Waals surface area contributed by atoms with Gasteiger partial charge in [0.2, 0.25) is 5.91 Å². The molecule has 1 heterocycles. The fourth-order valence-electron chi connectivity index (χ4n) is 1.37. The molecule has 0 radical (unpaired) electrons. The van der Waals surface area contributed by atoms with Gasteiger partial charge < -0.3 is 0 Å². The molecule has 1 aliphatic heterocycles. The summed E-state index contributed by atoms with van der Waals surface area (Å²) in [4.78, 5) is 43.5. The number of hydrogen-bond donors (Lipinski definition) is 1. The third-order valence-electron chi connectivity index (χ3n) is 2.30. The molecule has 10 heteroatoms. The first-order valence-corrected chi connectivity index (χ1v) is 5.30. The van der Waals surface area contributed by atoms with Crippen molar-refractivity contribution in [2.75, 3.05) is 0 Å². The summed E-state index contributed by atoms with van der Waals surface area (Å²) in [6, 6.07) is 4.03. The van der Waals surface area contributed by atoms with Crippen LogP contribution in [0, 0.1) is 10.1 Å². The van der Waals surface area contributed by atoms with Gasteiger partial charge in [0, 0.05) is 12.1 Å². The van der Waals surface area contributed by atoms with Crippen molar-refractivity contribution in [2.24, 2.45) is 10.3 Å². The average Bonchev–Trinajstić information content (AvgIpc) is 2.38. The summed E-state index contributed by atoms with van der Waals surface area (Å²) >= 11 is 0. The number of nitro groups is 1. The molecule has 20 heavy (non-hydrogen) atoms.